The summed E-state index contributed by atoms with van der Waals surface area (Å²) in [6.45, 7) is 0.461. The lowest BCUT2D eigenvalue weighted by Gasteiger charge is -2.31. The Labute approximate surface area is 206 Å². The lowest BCUT2D eigenvalue weighted by molar-refractivity contribution is -0.139. The number of hydrogen-bond donors (Lipinski definition) is 1. The molecule has 0 fully saturated rings. The SMILES string of the molecule is CNC(=O)[C@@H](C)N(Cc1cccc(OC)c1)C(=O)CN(c1cc(C(F)(F)F)ccc1Cl)S(C)(=O)=O. The Kier molecular flexibility index (Phi) is 9.01. The van der Waals surface area contributed by atoms with Gasteiger partial charge in [0.15, 0.2) is 0 Å². The van der Waals surface area contributed by atoms with E-state index in [2.05, 4.69) is 5.32 Å². The Morgan fingerprint density at radius 2 is 1.83 bits per heavy atom. The predicted octanol–water partition coefficient (Wildman–Crippen LogP) is 3.30. The first-order chi connectivity index (χ1) is 16.2. The van der Waals surface area contributed by atoms with Crippen molar-refractivity contribution in [1.29, 1.82) is 0 Å². The van der Waals surface area contributed by atoms with Crippen molar-refractivity contribution in [3.05, 3.63) is 58.6 Å². The Balaban J connectivity index is 2.50. The van der Waals surface area contributed by atoms with E-state index in [9.17, 15) is 31.2 Å². The molecule has 0 bridgehead atoms. The zero-order valence-electron chi connectivity index (χ0n) is 19.4. The molecular weight excluding hydrogens is 511 g/mol. The number of sulfonamides is 1. The van der Waals surface area contributed by atoms with Gasteiger partial charge in [0, 0.05) is 13.6 Å². The van der Waals surface area contributed by atoms with Gasteiger partial charge in [-0.05, 0) is 42.8 Å². The van der Waals surface area contributed by atoms with Crippen LogP contribution in [0.5, 0.6) is 5.75 Å². The second kappa shape index (κ2) is 11.2. The van der Waals surface area contributed by atoms with Gasteiger partial charge >= 0.3 is 6.18 Å². The van der Waals surface area contributed by atoms with Crippen LogP contribution in [0.15, 0.2) is 42.5 Å². The molecule has 0 aromatic heterocycles. The van der Waals surface area contributed by atoms with E-state index in [4.69, 9.17) is 16.3 Å². The molecule has 2 amide bonds. The number of anilines is 1. The Bertz CT molecular complexity index is 1190. The van der Waals surface area contributed by atoms with Crippen LogP contribution < -0.4 is 14.4 Å². The third kappa shape index (κ3) is 7.25. The zero-order valence-corrected chi connectivity index (χ0v) is 21.0. The van der Waals surface area contributed by atoms with Gasteiger partial charge in [0.1, 0.15) is 18.3 Å². The molecular formula is C22H25ClF3N3O5S. The molecule has 0 aliphatic heterocycles. The summed E-state index contributed by atoms with van der Waals surface area (Å²) < 4.78 is 70.4. The van der Waals surface area contributed by atoms with E-state index in [1.54, 1.807) is 24.3 Å². The number of methoxy groups -OCH3 is 1. The zero-order chi connectivity index (χ0) is 26.6. The van der Waals surface area contributed by atoms with Crippen LogP contribution in [-0.4, -0.2) is 58.1 Å². The molecule has 0 heterocycles. The molecule has 1 N–H and O–H groups in total. The first kappa shape index (κ1) is 28.2. The van der Waals surface area contributed by atoms with Crippen molar-refractivity contribution in [2.75, 3.05) is 31.3 Å². The van der Waals surface area contributed by atoms with Crippen LogP contribution in [0.4, 0.5) is 18.9 Å². The maximum absolute atomic E-state index is 13.3. The maximum Gasteiger partial charge on any atom is 0.416 e. The summed E-state index contributed by atoms with van der Waals surface area (Å²) in [6, 6.07) is 7.81. The highest BCUT2D eigenvalue weighted by atomic mass is 35.5. The standard InChI is InChI=1S/C22H25ClF3N3O5S/c1-14(21(31)27-2)28(12-15-6-5-7-17(10-15)34-3)20(30)13-29(35(4,32)33)19-11-16(22(24,25)26)8-9-18(19)23/h5-11,14H,12-13H2,1-4H3,(H,27,31)/t14-/m1/s1. The van der Waals surface area contributed by atoms with Crippen LogP contribution in [0, 0.1) is 0 Å². The van der Waals surface area contributed by atoms with Crippen LogP contribution in [0.25, 0.3) is 0 Å². The van der Waals surface area contributed by atoms with Crippen LogP contribution in [0.1, 0.15) is 18.1 Å². The lowest BCUT2D eigenvalue weighted by atomic mass is 10.1. The van der Waals surface area contributed by atoms with Gasteiger partial charge in [-0.15, -0.1) is 0 Å². The highest BCUT2D eigenvalue weighted by Crippen LogP contribution is 2.36. The second-order valence-corrected chi connectivity index (χ2v) is 9.91. The molecule has 0 radical (unpaired) electrons. The number of ether oxygens (including phenoxy) is 1. The largest absolute Gasteiger partial charge is 0.497 e. The molecule has 13 heteroatoms. The number of halogens is 4. The lowest BCUT2D eigenvalue weighted by Crippen LogP contribution is -2.50. The van der Waals surface area contributed by atoms with Crippen molar-refractivity contribution in [2.24, 2.45) is 0 Å². The van der Waals surface area contributed by atoms with Gasteiger partial charge < -0.3 is 15.0 Å². The fraction of sp³-hybridized carbons (Fsp3) is 0.364. The molecule has 0 aliphatic rings. The van der Waals surface area contributed by atoms with Crippen molar-refractivity contribution >= 4 is 39.1 Å². The number of likely N-dealkylation sites (N-methyl/N-ethyl adjacent to an activating group) is 1. The molecule has 35 heavy (non-hydrogen) atoms. The monoisotopic (exact) mass is 535 g/mol. The minimum atomic E-state index is -4.77. The number of alkyl halides is 3. The van der Waals surface area contributed by atoms with E-state index in [-0.39, 0.29) is 11.6 Å². The van der Waals surface area contributed by atoms with E-state index >= 15 is 0 Å². The second-order valence-electron chi connectivity index (χ2n) is 7.60. The van der Waals surface area contributed by atoms with E-state index in [0.29, 0.717) is 27.8 Å². The molecule has 0 aliphatic carbocycles. The number of hydrogen-bond acceptors (Lipinski definition) is 5. The van der Waals surface area contributed by atoms with E-state index in [1.165, 1.54) is 21.1 Å². The van der Waals surface area contributed by atoms with Crippen molar-refractivity contribution in [3.8, 4) is 5.75 Å². The molecule has 0 saturated carbocycles. The number of benzene rings is 2. The Morgan fingerprint density at radius 1 is 1.17 bits per heavy atom. The molecule has 1 atom stereocenters. The maximum atomic E-state index is 13.3. The Morgan fingerprint density at radius 3 is 2.37 bits per heavy atom. The quantitative estimate of drug-likeness (QED) is 0.531. The Hall–Kier alpha value is -2.99. The smallest absolute Gasteiger partial charge is 0.416 e. The van der Waals surface area contributed by atoms with Gasteiger partial charge in [-0.3, -0.25) is 13.9 Å². The van der Waals surface area contributed by atoms with Gasteiger partial charge in [-0.2, -0.15) is 13.2 Å². The topological polar surface area (TPSA) is 96.0 Å². The molecule has 8 nitrogen and oxygen atoms in total. The van der Waals surface area contributed by atoms with Gasteiger partial charge in [0.2, 0.25) is 21.8 Å². The third-order valence-corrected chi connectivity index (χ3v) is 6.57. The molecule has 0 unspecified atom stereocenters. The summed E-state index contributed by atoms with van der Waals surface area (Å²) in [6.07, 6.45) is -4.02. The molecule has 192 valence electrons. The van der Waals surface area contributed by atoms with Gasteiger partial charge in [0.25, 0.3) is 0 Å². The third-order valence-electron chi connectivity index (χ3n) is 5.12. The van der Waals surface area contributed by atoms with E-state index < -0.39 is 51.9 Å². The molecule has 2 aromatic rings. The van der Waals surface area contributed by atoms with Crippen LogP contribution >= 0.6 is 11.6 Å². The highest BCUT2D eigenvalue weighted by Gasteiger charge is 2.34. The molecule has 0 spiro atoms. The molecule has 0 saturated heterocycles. The van der Waals surface area contributed by atoms with Gasteiger partial charge in [0.05, 0.1) is 29.6 Å². The normalized spacial score (nSPS) is 12.6. The minimum absolute atomic E-state index is 0.0987. The number of amides is 2. The fourth-order valence-corrected chi connectivity index (χ4v) is 4.36. The minimum Gasteiger partial charge on any atom is -0.497 e. The van der Waals surface area contributed by atoms with Crippen molar-refractivity contribution in [3.63, 3.8) is 0 Å². The fourth-order valence-electron chi connectivity index (χ4n) is 3.23. The first-order valence-electron chi connectivity index (χ1n) is 10.2. The van der Waals surface area contributed by atoms with Crippen molar-refractivity contribution in [2.45, 2.75) is 25.7 Å². The van der Waals surface area contributed by atoms with Crippen LogP contribution in [0.2, 0.25) is 5.02 Å². The summed E-state index contributed by atoms with van der Waals surface area (Å²) in [5, 5.41) is 2.13. The summed E-state index contributed by atoms with van der Waals surface area (Å²) in [7, 11) is -1.42. The first-order valence-corrected chi connectivity index (χ1v) is 12.4. The van der Waals surface area contributed by atoms with Crippen LogP contribution in [0.3, 0.4) is 0 Å². The van der Waals surface area contributed by atoms with E-state index in [1.807, 2.05) is 0 Å². The highest BCUT2D eigenvalue weighted by molar-refractivity contribution is 7.92. The summed E-state index contributed by atoms with van der Waals surface area (Å²) in [5.74, 6) is -0.858. The average molecular weight is 536 g/mol. The van der Waals surface area contributed by atoms with Gasteiger partial charge in [-0.1, -0.05) is 23.7 Å². The number of carbonyl (C=O) groups is 2. The summed E-state index contributed by atoms with van der Waals surface area (Å²) >= 11 is 6.03. The predicted molar refractivity (Wildman–Crippen MR) is 126 cm³/mol. The van der Waals surface area contributed by atoms with Crippen LogP contribution in [-0.2, 0) is 32.3 Å². The van der Waals surface area contributed by atoms with Crippen molar-refractivity contribution in [1.82, 2.24) is 10.2 Å². The summed E-state index contributed by atoms with van der Waals surface area (Å²) in [4.78, 5) is 26.8. The van der Waals surface area contributed by atoms with Crippen molar-refractivity contribution < 1.29 is 35.9 Å². The van der Waals surface area contributed by atoms with E-state index in [0.717, 1.165) is 17.2 Å². The number of rotatable bonds is 9. The number of carbonyl (C=O) groups excluding carboxylic acids is 2. The molecule has 2 aromatic carbocycles. The number of nitrogens with zero attached hydrogens (tertiary/aromatic N) is 2. The van der Waals surface area contributed by atoms with Gasteiger partial charge in [-0.25, -0.2) is 8.42 Å². The average Bonchev–Trinajstić information content (AvgIpc) is 2.79. The summed E-state index contributed by atoms with van der Waals surface area (Å²) in [5.41, 5.74) is -1.06. The molecule has 2 rings (SSSR count). The number of nitrogens with one attached hydrogen (secondary N) is 1.